The molecule has 122 valence electrons. The number of aromatic nitrogens is 3. The molecule has 3 heterocycles. The van der Waals surface area contributed by atoms with Gasteiger partial charge in [0.2, 0.25) is 0 Å². The van der Waals surface area contributed by atoms with E-state index in [2.05, 4.69) is 20.1 Å². The van der Waals surface area contributed by atoms with E-state index in [1.165, 1.54) is 12.3 Å². The minimum Gasteiger partial charge on any atom is -0.361 e. The first-order chi connectivity index (χ1) is 11.0. The van der Waals surface area contributed by atoms with Crippen LogP contribution in [0.25, 0.3) is 0 Å². The van der Waals surface area contributed by atoms with E-state index in [-0.39, 0.29) is 5.82 Å². The van der Waals surface area contributed by atoms with Gasteiger partial charge in [-0.05, 0) is 18.2 Å². The van der Waals surface area contributed by atoms with E-state index in [9.17, 15) is 4.39 Å². The maximum atomic E-state index is 13.9. The summed E-state index contributed by atoms with van der Waals surface area (Å²) in [4.78, 5) is 10.1. The maximum absolute atomic E-state index is 13.9. The first kappa shape index (κ1) is 15.7. The van der Waals surface area contributed by atoms with Crippen LogP contribution in [-0.2, 0) is 0 Å². The molecule has 0 aromatic carbocycles. The van der Waals surface area contributed by atoms with Crippen molar-refractivity contribution >= 4 is 29.1 Å². The minimum atomic E-state index is -0.388. The summed E-state index contributed by atoms with van der Waals surface area (Å²) in [6, 6.07) is 5.19. The van der Waals surface area contributed by atoms with E-state index in [0.717, 1.165) is 24.7 Å². The summed E-state index contributed by atoms with van der Waals surface area (Å²) >= 11 is 5.75. The summed E-state index contributed by atoms with van der Waals surface area (Å²) in [5.41, 5.74) is 0. The van der Waals surface area contributed by atoms with Crippen LogP contribution in [-0.4, -0.2) is 55.5 Å². The standard InChI is InChI=1S/C15H18ClFN6/c1-21(2)13-3-4-14(20-19-13)22-5-7-23(8-6-22)15-12(17)9-11(16)10-18-15/h3-4,9-10H,5-8H2,1-2H3. The van der Waals surface area contributed by atoms with Gasteiger partial charge in [-0.15, -0.1) is 10.2 Å². The molecule has 0 unspecified atom stereocenters. The molecule has 1 aliphatic rings. The number of piperazine rings is 1. The Bertz CT molecular complexity index is 670. The highest BCUT2D eigenvalue weighted by Gasteiger charge is 2.21. The van der Waals surface area contributed by atoms with Gasteiger partial charge >= 0.3 is 0 Å². The highest BCUT2D eigenvalue weighted by molar-refractivity contribution is 6.30. The van der Waals surface area contributed by atoms with E-state index in [1.807, 2.05) is 36.0 Å². The predicted molar refractivity (Wildman–Crippen MR) is 90.0 cm³/mol. The fourth-order valence-electron chi connectivity index (χ4n) is 2.51. The first-order valence-corrected chi connectivity index (χ1v) is 7.74. The number of halogens is 2. The topological polar surface area (TPSA) is 48.4 Å². The van der Waals surface area contributed by atoms with Gasteiger partial charge in [-0.2, -0.15) is 0 Å². The van der Waals surface area contributed by atoms with Gasteiger partial charge in [-0.25, -0.2) is 9.37 Å². The fourth-order valence-corrected chi connectivity index (χ4v) is 2.66. The average molecular weight is 337 g/mol. The molecule has 0 amide bonds. The molecule has 1 saturated heterocycles. The van der Waals surface area contributed by atoms with Gasteiger partial charge in [0.25, 0.3) is 0 Å². The van der Waals surface area contributed by atoms with Crippen LogP contribution in [0.5, 0.6) is 0 Å². The van der Waals surface area contributed by atoms with Gasteiger partial charge in [0.15, 0.2) is 23.3 Å². The van der Waals surface area contributed by atoms with Crippen molar-refractivity contribution in [1.29, 1.82) is 0 Å². The normalized spacial score (nSPS) is 15.0. The molecule has 0 atom stereocenters. The van der Waals surface area contributed by atoms with E-state index in [4.69, 9.17) is 11.6 Å². The summed E-state index contributed by atoms with van der Waals surface area (Å²) < 4.78 is 13.9. The highest BCUT2D eigenvalue weighted by Crippen LogP contribution is 2.22. The Kier molecular flexibility index (Phi) is 4.47. The molecule has 0 N–H and O–H groups in total. The monoisotopic (exact) mass is 336 g/mol. The Morgan fingerprint density at radius 3 is 2.35 bits per heavy atom. The second kappa shape index (κ2) is 6.54. The molecular formula is C15H18ClFN6. The molecule has 6 nitrogen and oxygen atoms in total. The molecule has 2 aromatic rings. The van der Waals surface area contributed by atoms with Crippen molar-refractivity contribution in [3.8, 4) is 0 Å². The third kappa shape index (κ3) is 3.44. The van der Waals surface area contributed by atoms with Crippen molar-refractivity contribution in [3.63, 3.8) is 0 Å². The Labute approximate surface area is 139 Å². The van der Waals surface area contributed by atoms with Crippen molar-refractivity contribution in [2.75, 3.05) is 55.0 Å². The third-order valence-corrected chi connectivity index (χ3v) is 3.99. The lowest BCUT2D eigenvalue weighted by Crippen LogP contribution is -2.47. The Balaban J connectivity index is 1.66. The zero-order valence-electron chi connectivity index (χ0n) is 13.1. The van der Waals surface area contributed by atoms with Crippen LogP contribution >= 0.6 is 11.6 Å². The molecule has 8 heteroatoms. The first-order valence-electron chi connectivity index (χ1n) is 7.36. The zero-order valence-corrected chi connectivity index (χ0v) is 13.8. The Hall–Kier alpha value is -2.15. The van der Waals surface area contributed by atoms with E-state index < -0.39 is 0 Å². The second-order valence-corrected chi connectivity index (χ2v) is 6.01. The van der Waals surface area contributed by atoms with Crippen LogP contribution in [0.4, 0.5) is 21.8 Å². The molecule has 1 aliphatic heterocycles. The van der Waals surface area contributed by atoms with Crippen molar-refractivity contribution in [3.05, 3.63) is 35.2 Å². The summed E-state index contributed by atoms with van der Waals surface area (Å²) in [6.45, 7) is 2.81. The fraction of sp³-hybridized carbons (Fsp3) is 0.400. The van der Waals surface area contributed by atoms with Gasteiger partial charge < -0.3 is 14.7 Å². The van der Waals surface area contributed by atoms with Gasteiger partial charge in [-0.1, -0.05) is 11.6 Å². The highest BCUT2D eigenvalue weighted by atomic mass is 35.5. The number of hydrogen-bond donors (Lipinski definition) is 0. The lowest BCUT2D eigenvalue weighted by Gasteiger charge is -2.35. The third-order valence-electron chi connectivity index (χ3n) is 3.79. The SMILES string of the molecule is CN(C)c1ccc(N2CCN(c3ncc(Cl)cc3F)CC2)nn1. The van der Waals surface area contributed by atoms with Gasteiger partial charge in [0.05, 0.1) is 5.02 Å². The summed E-state index contributed by atoms with van der Waals surface area (Å²) in [7, 11) is 3.85. The van der Waals surface area contributed by atoms with E-state index in [1.54, 1.807) is 0 Å². The lowest BCUT2D eigenvalue weighted by molar-refractivity contribution is 0.586. The van der Waals surface area contributed by atoms with Gasteiger partial charge in [0, 0.05) is 46.5 Å². The van der Waals surface area contributed by atoms with E-state index >= 15 is 0 Å². The largest absolute Gasteiger partial charge is 0.361 e. The molecule has 0 aliphatic carbocycles. The Morgan fingerprint density at radius 2 is 1.78 bits per heavy atom. The Morgan fingerprint density at radius 1 is 1.09 bits per heavy atom. The molecule has 2 aromatic heterocycles. The molecule has 0 spiro atoms. The zero-order chi connectivity index (χ0) is 16.4. The molecule has 0 saturated carbocycles. The molecule has 23 heavy (non-hydrogen) atoms. The van der Waals surface area contributed by atoms with Crippen LogP contribution in [0.15, 0.2) is 24.4 Å². The van der Waals surface area contributed by atoms with Crippen molar-refractivity contribution < 1.29 is 4.39 Å². The summed E-state index contributed by atoms with van der Waals surface area (Å²) in [6.07, 6.45) is 1.47. The number of rotatable bonds is 3. The number of nitrogens with zero attached hydrogens (tertiary/aromatic N) is 6. The quantitative estimate of drug-likeness (QED) is 0.855. The number of pyridine rings is 1. The van der Waals surface area contributed by atoms with Crippen molar-refractivity contribution in [2.45, 2.75) is 0 Å². The lowest BCUT2D eigenvalue weighted by atomic mass is 10.3. The van der Waals surface area contributed by atoms with Crippen LogP contribution < -0.4 is 14.7 Å². The smallest absolute Gasteiger partial charge is 0.167 e. The molecule has 0 bridgehead atoms. The van der Waals surface area contributed by atoms with E-state index in [0.29, 0.717) is 23.9 Å². The van der Waals surface area contributed by atoms with Crippen LogP contribution in [0.1, 0.15) is 0 Å². The number of anilines is 3. The van der Waals surface area contributed by atoms with Crippen LogP contribution in [0.3, 0.4) is 0 Å². The predicted octanol–water partition coefficient (Wildman–Crippen LogP) is 2.06. The van der Waals surface area contributed by atoms with Gasteiger partial charge in [-0.3, -0.25) is 0 Å². The maximum Gasteiger partial charge on any atom is 0.167 e. The van der Waals surface area contributed by atoms with Gasteiger partial charge in [0.1, 0.15) is 0 Å². The molecule has 0 radical (unpaired) electrons. The summed E-state index contributed by atoms with van der Waals surface area (Å²) in [5.74, 6) is 1.61. The van der Waals surface area contributed by atoms with Crippen LogP contribution in [0.2, 0.25) is 5.02 Å². The summed E-state index contributed by atoms with van der Waals surface area (Å²) in [5, 5.41) is 8.75. The molecule has 1 fully saturated rings. The average Bonchev–Trinajstić information content (AvgIpc) is 2.55. The van der Waals surface area contributed by atoms with Crippen LogP contribution in [0, 0.1) is 5.82 Å². The van der Waals surface area contributed by atoms with Crippen molar-refractivity contribution in [2.24, 2.45) is 0 Å². The molecular weight excluding hydrogens is 319 g/mol. The second-order valence-electron chi connectivity index (χ2n) is 5.58. The van der Waals surface area contributed by atoms with Crippen molar-refractivity contribution in [1.82, 2.24) is 15.2 Å². The molecule has 3 rings (SSSR count). The number of hydrogen-bond acceptors (Lipinski definition) is 6. The minimum absolute atomic E-state index is 0.307.